The number of ketones is 1. The predicted molar refractivity (Wildman–Crippen MR) is 83.5 cm³/mol. The summed E-state index contributed by atoms with van der Waals surface area (Å²) in [6.45, 7) is 4.58. The van der Waals surface area contributed by atoms with Gasteiger partial charge in [0.05, 0.1) is 17.3 Å². The number of hydrogen-bond donors (Lipinski definition) is 0. The quantitative estimate of drug-likeness (QED) is 0.794. The first-order valence-electron chi connectivity index (χ1n) is 7.06. The second-order valence-corrected chi connectivity index (χ2v) is 6.30. The Morgan fingerprint density at radius 1 is 1.43 bits per heavy atom. The summed E-state index contributed by atoms with van der Waals surface area (Å²) in [5, 5.41) is 4.28. The molecule has 1 unspecified atom stereocenters. The van der Waals surface area contributed by atoms with E-state index in [0.717, 1.165) is 12.0 Å². The van der Waals surface area contributed by atoms with Crippen LogP contribution < -0.4 is 0 Å². The molecule has 0 aliphatic carbocycles. The summed E-state index contributed by atoms with van der Waals surface area (Å²) in [7, 11) is 0. The van der Waals surface area contributed by atoms with Gasteiger partial charge in [-0.2, -0.15) is 5.10 Å². The zero-order valence-electron chi connectivity index (χ0n) is 12.0. The number of fused-ring (bicyclic) bond motifs is 1. The number of carbonyl (C=O) groups is 1. The van der Waals surface area contributed by atoms with E-state index in [9.17, 15) is 4.79 Å². The van der Waals surface area contributed by atoms with E-state index in [1.165, 1.54) is 5.56 Å². The lowest BCUT2D eigenvalue weighted by molar-refractivity contribution is 0.0338. The van der Waals surface area contributed by atoms with Crippen LogP contribution >= 0.6 is 15.9 Å². The molecule has 1 aromatic heterocycles. The third-order valence-corrected chi connectivity index (χ3v) is 4.29. The number of hydrogen-bond acceptors (Lipinski definition) is 3. The minimum absolute atomic E-state index is 0.0415. The first-order valence-corrected chi connectivity index (χ1v) is 7.85. The van der Waals surface area contributed by atoms with Crippen LogP contribution in [0.5, 0.6) is 0 Å². The molecule has 0 amide bonds. The molecule has 0 saturated carbocycles. The van der Waals surface area contributed by atoms with Crippen molar-refractivity contribution in [3.8, 4) is 0 Å². The van der Waals surface area contributed by atoms with Crippen molar-refractivity contribution in [2.24, 2.45) is 0 Å². The molecule has 5 heteroatoms. The number of ether oxygens (including phenoxy) is 1. The summed E-state index contributed by atoms with van der Waals surface area (Å²) in [5.41, 5.74) is 2.73. The summed E-state index contributed by atoms with van der Waals surface area (Å²) < 4.78 is 8.23. The van der Waals surface area contributed by atoms with Gasteiger partial charge in [-0.15, -0.1) is 0 Å². The lowest BCUT2D eigenvalue weighted by atomic mass is 9.94. The molecule has 1 aromatic carbocycles. The normalized spacial score (nSPS) is 17.8. The van der Waals surface area contributed by atoms with Crippen LogP contribution in [0.4, 0.5) is 0 Å². The molecule has 2 aromatic rings. The molecule has 110 valence electrons. The molecule has 4 nitrogen and oxygen atoms in total. The Kier molecular flexibility index (Phi) is 3.95. The van der Waals surface area contributed by atoms with Gasteiger partial charge in [-0.05, 0) is 47.3 Å². The maximum atomic E-state index is 13.0. The molecule has 1 atom stereocenters. The minimum Gasteiger partial charge on any atom is -0.365 e. The Morgan fingerprint density at radius 3 is 2.95 bits per heavy atom. The van der Waals surface area contributed by atoms with Crippen molar-refractivity contribution >= 4 is 21.7 Å². The van der Waals surface area contributed by atoms with Gasteiger partial charge in [-0.25, -0.2) is 0 Å². The SMILES string of the molecule is CC(C)n1ncc(Br)c1C(=O)C1OCCc2ccccc21. The Hall–Kier alpha value is -1.46. The van der Waals surface area contributed by atoms with Gasteiger partial charge in [0.1, 0.15) is 11.8 Å². The number of aromatic nitrogens is 2. The lowest BCUT2D eigenvalue weighted by Gasteiger charge is -2.25. The van der Waals surface area contributed by atoms with Crippen LogP contribution in [0.3, 0.4) is 0 Å². The van der Waals surface area contributed by atoms with E-state index < -0.39 is 6.10 Å². The van der Waals surface area contributed by atoms with E-state index in [2.05, 4.69) is 27.1 Å². The van der Waals surface area contributed by atoms with Crippen molar-refractivity contribution < 1.29 is 9.53 Å². The summed E-state index contributed by atoms with van der Waals surface area (Å²) >= 11 is 3.43. The largest absolute Gasteiger partial charge is 0.365 e. The molecule has 1 aliphatic rings. The lowest BCUT2D eigenvalue weighted by Crippen LogP contribution is -2.26. The van der Waals surface area contributed by atoms with Crippen molar-refractivity contribution in [1.82, 2.24) is 9.78 Å². The minimum atomic E-state index is -0.541. The van der Waals surface area contributed by atoms with E-state index in [0.29, 0.717) is 16.8 Å². The standard InChI is InChI=1S/C16H17BrN2O2/c1-10(2)19-14(13(17)9-18-19)15(20)16-12-6-4-3-5-11(12)7-8-21-16/h3-6,9-10,16H,7-8H2,1-2H3. The smallest absolute Gasteiger partial charge is 0.215 e. The van der Waals surface area contributed by atoms with E-state index in [1.807, 2.05) is 32.0 Å². The number of carbonyl (C=O) groups excluding carboxylic acids is 1. The monoisotopic (exact) mass is 348 g/mol. The van der Waals surface area contributed by atoms with Crippen LogP contribution in [-0.4, -0.2) is 22.2 Å². The zero-order chi connectivity index (χ0) is 15.0. The van der Waals surface area contributed by atoms with Crippen LogP contribution in [0.1, 0.15) is 47.6 Å². The van der Waals surface area contributed by atoms with Gasteiger partial charge in [0.25, 0.3) is 0 Å². The highest BCUT2D eigenvalue weighted by Gasteiger charge is 2.32. The molecule has 0 spiro atoms. The molecular formula is C16H17BrN2O2. The van der Waals surface area contributed by atoms with Gasteiger partial charge in [0.15, 0.2) is 0 Å². The highest BCUT2D eigenvalue weighted by molar-refractivity contribution is 9.10. The first-order chi connectivity index (χ1) is 10.1. The van der Waals surface area contributed by atoms with Crippen LogP contribution in [0.15, 0.2) is 34.9 Å². The van der Waals surface area contributed by atoms with Crippen molar-refractivity contribution in [3.05, 3.63) is 51.8 Å². The second-order valence-electron chi connectivity index (χ2n) is 5.44. The molecule has 1 aliphatic heterocycles. The number of benzene rings is 1. The Balaban J connectivity index is 2.03. The third kappa shape index (κ3) is 2.56. The summed E-state index contributed by atoms with van der Waals surface area (Å²) in [4.78, 5) is 13.0. The number of halogens is 1. The molecule has 21 heavy (non-hydrogen) atoms. The maximum absolute atomic E-state index is 13.0. The number of rotatable bonds is 3. The van der Waals surface area contributed by atoms with Gasteiger partial charge in [-0.1, -0.05) is 24.3 Å². The fourth-order valence-electron chi connectivity index (χ4n) is 2.70. The van der Waals surface area contributed by atoms with Crippen LogP contribution in [0.2, 0.25) is 0 Å². The summed E-state index contributed by atoms with van der Waals surface area (Å²) in [6.07, 6.45) is 1.98. The first kappa shape index (κ1) is 14.5. The fraction of sp³-hybridized carbons (Fsp3) is 0.375. The van der Waals surface area contributed by atoms with E-state index in [1.54, 1.807) is 10.9 Å². The Morgan fingerprint density at radius 2 is 2.19 bits per heavy atom. The van der Waals surface area contributed by atoms with E-state index in [4.69, 9.17) is 4.74 Å². The van der Waals surface area contributed by atoms with E-state index in [-0.39, 0.29) is 11.8 Å². The molecule has 2 heterocycles. The second kappa shape index (κ2) is 5.73. The maximum Gasteiger partial charge on any atom is 0.215 e. The molecule has 3 rings (SSSR count). The zero-order valence-corrected chi connectivity index (χ0v) is 13.6. The average Bonchev–Trinajstić information content (AvgIpc) is 2.88. The predicted octanol–water partition coefficient (Wildman–Crippen LogP) is 3.72. The highest BCUT2D eigenvalue weighted by atomic mass is 79.9. The topological polar surface area (TPSA) is 44.1 Å². The molecule has 0 N–H and O–H groups in total. The molecular weight excluding hydrogens is 332 g/mol. The van der Waals surface area contributed by atoms with Crippen molar-refractivity contribution in [2.75, 3.05) is 6.61 Å². The van der Waals surface area contributed by atoms with E-state index >= 15 is 0 Å². The summed E-state index contributed by atoms with van der Waals surface area (Å²) in [5.74, 6) is -0.0415. The molecule has 0 bridgehead atoms. The van der Waals surface area contributed by atoms with Crippen molar-refractivity contribution in [2.45, 2.75) is 32.4 Å². The van der Waals surface area contributed by atoms with Crippen molar-refractivity contribution in [3.63, 3.8) is 0 Å². The molecule has 0 fully saturated rings. The van der Waals surface area contributed by atoms with Gasteiger partial charge < -0.3 is 4.74 Å². The Bertz CT molecular complexity index is 679. The van der Waals surface area contributed by atoms with Crippen molar-refractivity contribution in [1.29, 1.82) is 0 Å². The third-order valence-electron chi connectivity index (χ3n) is 3.70. The highest BCUT2D eigenvalue weighted by Crippen LogP contribution is 2.32. The summed E-state index contributed by atoms with van der Waals surface area (Å²) in [6, 6.07) is 8.10. The van der Waals surface area contributed by atoms with Gasteiger partial charge in [0, 0.05) is 6.04 Å². The van der Waals surface area contributed by atoms with Crippen LogP contribution in [0.25, 0.3) is 0 Å². The number of nitrogens with zero attached hydrogens (tertiary/aromatic N) is 2. The molecule has 0 saturated heterocycles. The fourth-order valence-corrected chi connectivity index (χ4v) is 3.17. The Labute approximate surface area is 132 Å². The average molecular weight is 349 g/mol. The van der Waals surface area contributed by atoms with Gasteiger partial charge in [-0.3, -0.25) is 9.48 Å². The van der Waals surface area contributed by atoms with Crippen LogP contribution in [0, 0.1) is 0 Å². The number of Topliss-reactive ketones (excluding diaryl/α,β-unsaturated/α-hetero) is 1. The van der Waals surface area contributed by atoms with Gasteiger partial charge >= 0.3 is 0 Å². The molecule has 0 radical (unpaired) electrons. The van der Waals surface area contributed by atoms with Gasteiger partial charge in [0.2, 0.25) is 5.78 Å². The van der Waals surface area contributed by atoms with Crippen LogP contribution in [-0.2, 0) is 11.2 Å².